The maximum atomic E-state index is 2.25. The van der Waals surface area contributed by atoms with E-state index in [1.165, 1.54) is 61.0 Å². The summed E-state index contributed by atoms with van der Waals surface area (Å²) in [7, 11) is 4.23. The van der Waals surface area contributed by atoms with Gasteiger partial charge in [0.25, 0.3) is 0 Å². The first kappa shape index (κ1) is 32.7. The minimum Gasteiger partial charge on any atom is -0.377 e. The van der Waals surface area contributed by atoms with E-state index in [4.69, 9.17) is 0 Å². The summed E-state index contributed by atoms with van der Waals surface area (Å²) in [6, 6.07) is 74.1. The minimum absolute atomic E-state index is 1.23. The first-order valence-electron chi connectivity index (χ1n) is 16.7. The van der Waals surface area contributed by atoms with Gasteiger partial charge in [0.15, 0.2) is 0 Å². The van der Waals surface area contributed by atoms with Crippen molar-refractivity contribution in [3.05, 3.63) is 212 Å². The first-order chi connectivity index (χ1) is 24.2. The van der Waals surface area contributed by atoms with Gasteiger partial charge in [0.1, 0.15) is 0 Å². The van der Waals surface area contributed by atoms with Crippen molar-refractivity contribution in [2.45, 2.75) is 0 Å². The van der Waals surface area contributed by atoms with E-state index in [1.54, 1.807) is 0 Å². The number of anilines is 1. The zero-order valence-electron chi connectivity index (χ0n) is 28.2. The predicted molar refractivity (Wildman–Crippen MR) is 213 cm³/mol. The van der Waals surface area contributed by atoms with Crippen LogP contribution in [-0.4, -0.2) is 14.1 Å². The molecule has 0 aromatic heterocycles. The number of fused-ring (bicyclic) bond motifs is 1. The molecule has 0 atom stereocenters. The van der Waals surface area contributed by atoms with Gasteiger partial charge < -0.3 is 4.90 Å². The van der Waals surface area contributed by atoms with Crippen LogP contribution < -0.4 is 4.90 Å². The monoisotopic (exact) mass is 631 g/mol. The van der Waals surface area contributed by atoms with Crippen LogP contribution in [0.25, 0.3) is 55.3 Å². The summed E-state index contributed by atoms with van der Waals surface area (Å²) in [4.78, 5) is 2.21. The number of benzene rings is 8. The second-order valence-electron chi connectivity index (χ2n) is 12.0. The van der Waals surface area contributed by atoms with Crippen LogP contribution in [0.15, 0.2) is 212 Å². The molecule has 0 spiro atoms. The summed E-state index contributed by atoms with van der Waals surface area (Å²) < 4.78 is 0. The normalized spacial score (nSPS) is 10.2. The van der Waals surface area contributed by atoms with E-state index in [9.17, 15) is 0 Å². The molecule has 0 radical (unpaired) electrons. The molecular formula is C48H41N. The van der Waals surface area contributed by atoms with Crippen LogP contribution in [-0.2, 0) is 0 Å². The molecule has 0 bridgehead atoms. The SMILES string of the molecule is CN(C)c1ccc2ccccc2c1-c1ccccc1-c1ccc(-c2ccccc2)cc1.c1ccc(-c2ccccc2)cc1.c1ccccc1. The Morgan fingerprint density at radius 2 is 0.653 bits per heavy atom. The average molecular weight is 632 g/mol. The summed E-state index contributed by atoms with van der Waals surface area (Å²) in [6.07, 6.45) is 0. The van der Waals surface area contributed by atoms with Crippen molar-refractivity contribution in [3.63, 3.8) is 0 Å². The highest BCUT2D eigenvalue weighted by atomic mass is 15.1. The number of hydrogen-bond donors (Lipinski definition) is 0. The maximum absolute atomic E-state index is 2.25. The van der Waals surface area contributed by atoms with Gasteiger partial charge in [-0.2, -0.15) is 0 Å². The Morgan fingerprint density at radius 3 is 1.14 bits per heavy atom. The number of nitrogens with zero attached hydrogens (tertiary/aromatic N) is 1. The van der Waals surface area contributed by atoms with E-state index in [0.29, 0.717) is 0 Å². The summed E-state index contributed by atoms with van der Waals surface area (Å²) >= 11 is 0. The van der Waals surface area contributed by atoms with E-state index in [1.807, 2.05) is 48.5 Å². The van der Waals surface area contributed by atoms with Crippen LogP contribution >= 0.6 is 0 Å². The van der Waals surface area contributed by atoms with E-state index in [2.05, 4.69) is 183 Å². The van der Waals surface area contributed by atoms with Gasteiger partial charge in [-0.3, -0.25) is 0 Å². The van der Waals surface area contributed by atoms with Crippen molar-refractivity contribution in [3.8, 4) is 44.5 Å². The van der Waals surface area contributed by atoms with Crippen LogP contribution in [0.2, 0.25) is 0 Å². The second-order valence-corrected chi connectivity index (χ2v) is 12.0. The lowest BCUT2D eigenvalue weighted by Crippen LogP contribution is -2.10. The highest BCUT2D eigenvalue weighted by molar-refractivity contribution is 6.06. The molecule has 0 aliphatic heterocycles. The highest BCUT2D eigenvalue weighted by Gasteiger charge is 2.15. The van der Waals surface area contributed by atoms with Gasteiger partial charge in [-0.25, -0.2) is 0 Å². The summed E-state index contributed by atoms with van der Waals surface area (Å²) in [5, 5.41) is 2.54. The molecule has 0 aliphatic carbocycles. The van der Waals surface area contributed by atoms with E-state index in [0.717, 1.165) is 0 Å². The van der Waals surface area contributed by atoms with Crippen molar-refractivity contribution in [1.82, 2.24) is 0 Å². The molecule has 238 valence electrons. The summed E-state index contributed by atoms with van der Waals surface area (Å²) in [5.74, 6) is 0. The Bertz CT molecular complexity index is 2090. The lowest BCUT2D eigenvalue weighted by atomic mass is 9.89. The standard InChI is InChI=1S/C30H25N.C12H10.C6H6/c1-31(2)29-21-20-24-12-6-7-14-27(24)30(29)28-15-9-8-13-26(28)25-18-16-23(17-19-25)22-10-4-3-5-11-22;1-3-7-11(8-4-1)12-9-5-2-6-10-12;1-2-4-6-5-3-1/h3-21H,1-2H3;1-10H;1-6H. The van der Waals surface area contributed by atoms with Crippen molar-refractivity contribution in [1.29, 1.82) is 0 Å². The molecule has 8 rings (SSSR count). The van der Waals surface area contributed by atoms with Crippen molar-refractivity contribution >= 4 is 16.5 Å². The quantitative estimate of drug-likeness (QED) is 0.183. The Labute approximate surface area is 291 Å². The van der Waals surface area contributed by atoms with Crippen molar-refractivity contribution in [2.75, 3.05) is 19.0 Å². The molecule has 1 heteroatoms. The fourth-order valence-corrected chi connectivity index (χ4v) is 5.99. The zero-order chi connectivity index (χ0) is 33.7. The third kappa shape index (κ3) is 8.41. The molecule has 0 saturated carbocycles. The van der Waals surface area contributed by atoms with Crippen molar-refractivity contribution < 1.29 is 0 Å². The lowest BCUT2D eigenvalue weighted by molar-refractivity contribution is 1.14. The van der Waals surface area contributed by atoms with Gasteiger partial charge >= 0.3 is 0 Å². The summed E-state index contributed by atoms with van der Waals surface area (Å²) in [6.45, 7) is 0. The van der Waals surface area contributed by atoms with E-state index >= 15 is 0 Å². The fourth-order valence-electron chi connectivity index (χ4n) is 5.99. The average Bonchev–Trinajstić information content (AvgIpc) is 3.20. The Morgan fingerprint density at radius 1 is 0.286 bits per heavy atom. The molecule has 0 aliphatic rings. The third-order valence-electron chi connectivity index (χ3n) is 8.44. The van der Waals surface area contributed by atoms with Gasteiger partial charge in [-0.15, -0.1) is 0 Å². The van der Waals surface area contributed by atoms with Gasteiger partial charge in [-0.05, 0) is 55.8 Å². The molecular weight excluding hydrogens is 591 g/mol. The molecule has 0 unspecified atom stereocenters. The molecule has 0 heterocycles. The Kier molecular flexibility index (Phi) is 11.1. The lowest BCUT2D eigenvalue weighted by Gasteiger charge is -2.22. The van der Waals surface area contributed by atoms with Gasteiger partial charge in [0.2, 0.25) is 0 Å². The molecule has 49 heavy (non-hydrogen) atoms. The van der Waals surface area contributed by atoms with Crippen LogP contribution in [0.5, 0.6) is 0 Å². The summed E-state index contributed by atoms with van der Waals surface area (Å²) in [5.41, 5.74) is 11.3. The van der Waals surface area contributed by atoms with Crippen LogP contribution in [0.1, 0.15) is 0 Å². The van der Waals surface area contributed by atoms with Crippen LogP contribution in [0.3, 0.4) is 0 Å². The molecule has 0 fully saturated rings. The molecule has 0 amide bonds. The minimum atomic E-state index is 1.23. The third-order valence-corrected chi connectivity index (χ3v) is 8.44. The molecule has 0 saturated heterocycles. The Balaban J connectivity index is 0.000000188. The second kappa shape index (κ2) is 16.6. The van der Waals surface area contributed by atoms with Gasteiger partial charge in [0.05, 0.1) is 0 Å². The van der Waals surface area contributed by atoms with Gasteiger partial charge in [-0.1, -0.05) is 206 Å². The molecule has 1 nitrogen and oxygen atoms in total. The smallest absolute Gasteiger partial charge is 0.0447 e. The number of rotatable bonds is 5. The largest absolute Gasteiger partial charge is 0.377 e. The Hall–Kier alpha value is -6.18. The van der Waals surface area contributed by atoms with E-state index < -0.39 is 0 Å². The first-order valence-corrected chi connectivity index (χ1v) is 16.7. The molecule has 0 N–H and O–H groups in total. The predicted octanol–water partition coefficient (Wildman–Crippen LogP) is 12.9. The van der Waals surface area contributed by atoms with Gasteiger partial charge in [0, 0.05) is 25.3 Å². The maximum Gasteiger partial charge on any atom is 0.0447 e. The molecule has 8 aromatic rings. The van der Waals surface area contributed by atoms with Crippen LogP contribution in [0.4, 0.5) is 5.69 Å². The molecule has 8 aromatic carbocycles. The topological polar surface area (TPSA) is 3.24 Å². The van der Waals surface area contributed by atoms with Crippen molar-refractivity contribution in [2.24, 2.45) is 0 Å². The highest BCUT2D eigenvalue weighted by Crippen LogP contribution is 2.42. The number of hydrogen-bond acceptors (Lipinski definition) is 1. The fraction of sp³-hybridized carbons (Fsp3) is 0.0417. The van der Waals surface area contributed by atoms with E-state index in [-0.39, 0.29) is 0 Å². The van der Waals surface area contributed by atoms with Crippen LogP contribution in [0, 0.1) is 0 Å². The zero-order valence-corrected chi connectivity index (χ0v) is 28.2.